The van der Waals surface area contributed by atoms with Crippen LogP contribution in [0.15, 0.2) is 24.3 Å². The Morgan fingerprint density at radius 3 is 2.82 bits per heavy atom. The summed E-state index contributed by atoms with van der Waals surface area (Å²) >= 11 is 0. The molecule has 3 nitrogen and oxygen atoms in total. The molecule has 0 saturated heterocycles. The first-order valence-corrected chi connectivity index (χ1v) is 6.03. The Morgan fingerprint density at radius 1 is 1.29 bits per heavy atom. The maximum Gasteiger partial charge on any atom is 0.133 e. The number of hydrogen-bond donors (Lipinski definition) is 0. The van der Waals surface area contributed by atoms with Gasteiger partial charge in [-0.3, -0.25) is 4.79 Å². The third kappa shape index (κ3) is 3.07. The molecule has 1 aromatic carbocycles. The molecule has 0 bridgehead atoms. The van der Waals surface area contributed by atoms with Gasteiger partial charge in [-0.05, 0) is 24.0 Å². The highest BCUT2D eigenvalue weighted by molar-refractivity contribution is 5.81. The van der Waals surface area contributed by atoms with Crippen molar-refractivity contribution < 1.29 is 14.3 Å². The summed E-state index contributed by atoms with van der Waals surface area (Å²) in [5.74, 6) is 1.59. The van der Waals surface area contributed by atoms with Gasteiger partial charge in [0.15, 0.2) is 0 Å². The zero-order chi connectivity index (χ0) is 12.1. The molecule has 0 aromatic heterocycles. The van der Waals surface area contributed by atoms with Crippen LogP contribution < -0.4 is 4.74 Å². The van der Waals surface area contributed by atoms with E-state index >= 15 is 0 Å². The number of hydrogen-bond acceptors (Lipinski definition) is 3. The van der Waals surface area contributed by atoms with Crippen LogP contribution in [-0.4, -0.2) is 26.1 Å². The Balaban J connectivity index is 2.07. The molecule has 0 N–H and O–H groups in total. The maximum absolute atomic E-state index is 11.3. The molecule has 1 aliphatic rings. The predicted molar refractivity (Wildman–Crippen MR) is 65.4 cm³/mol. The predicted octanol–water partition coefficient (Wildman–Crippen LogP) is 2.55. The number of Topliss-reactive ketones (excluding diaryl/α,β-unsaturated/α-hetero) is 1. The molecule has 2 rings (SSSR count). The van der Waals surface area contributed by atoms with E-state index in [1.165, 1.54) is 0 Å². The largest absolute Gasteiger partial charge is 0.491 e. The van der Waals surface area contributed by atoms with E-state index in [-0.39, 0.29) is 0 Å². The number of rotatable bonds is 5. The molecule has 1 aromatic rings. The minimum Gasteiger partial charge on any atom is -0.491 e. The normalized spacial score (nSPS) is 19.6. The molecular formula is C14H18O3. The Hall–Kier alpha value is -1.35. The second-order valence-electron chi connectivity index (χ2n) is 4.36. The monoisotopic (exact) mass is 234 g/mol. The lowest BCUT2D eigenvalue weighted by atomic mass is 9.97. The molecule has 17 heavy (non-hydrogen) atoms. The fourth-order valence-corrected chi connectivity index (χ4v) is 2.26. The lowest BCUT2D eigenvalue weighted by molar-refractivity contribution is -0.117. The van der Waals surface area contributed by atoms with Gasteiger partial charge in [0.25, 0.3) is 0 Å². The first-order chi connectivity index (χ1) is 8.31. The lowest BCUT2D eigenvalue weighted by Crippen LogP contribution is -2.07. The summed E-state index contributed by atoms with van der Waals surface area (Å²) in [6, 6.07) is 7.99. The third-order valence-corrected chi connectivity index (χ3v) is 3.15. The summed E-state index contributed by atoms with van der Waals surface area (Å²) in [5.41, 5.74) is 1.16. The Labute approximate surface area is 102 Å². The number of carbonyl (C=O) groups excluding carboxylic acids is 1. The molecule has 92 valence electrons. The molecule has 1 aliphatic carbocycles. The summed E-state index contributed by atoms with van der Waals surface area (Å²) < 4.78 is 10.7. The third-order valence-electron chi connectivity index (χ3n) is 3.15. The fourth-order valence-electron chi connectivity index (χ4n) is 2.26. The average molecular weight is 234 g/mol. The van der Waals surface area contributed by atoms with Crippen LogP contribution in [0.2, 0.25) is 0 Å². The van der Waals surface area contributed by atoms with Crippen LogP contribution >= 0.6 is 0 Å². The maximum atomic E-state index is 11.3. The van der Waals surface area contributed by atoms with E-state index in [1.54, 1.807) is 7.11 Å². The van der Waals surface area contributed by atoms with Gasteiger partial charge in [0.1, 0.15) is 18.1 Å². The van der Waals surface area contributed by atoms with Gasteiger partial charge in [-0.1, -0.05) is 18.2 Å². The fraction of sp³-hybridized carbons (Fsp3) is 0.500. The van der Waals surface area contributed by atoms with Crippen molar-refractivity contribution in [2.75, 3.05) is 20.3 Å². The minimum absolute atomic E-state index is 0.334. The standard InChI is InChI=1S/C14H18O3/c1-16-8-9-17-14-5-3-2-4-13(14)11-6-7-12(15)10-11/h2-5,11H,6-10H2,1H3. The molecule has 0 heterocycles. The summed E-state index contributed by atoms with van der Waals surface area (Å²) in [4.78, 5) is 11.3. The SMILES string of the molecule is COCCOc1ccccc1C1CCC(=O)C1. The molecule has 3 heteroatoms. The highest BCUT2D eigenvalue weighted by atomic mass is 16.5. The van der Waals surface area contributed by atoms with Crippen LogP contribution in [-0.2, 0) is 9.53 Å². The van der Waals surface area contributed by atoms with Crippen molar-refractivity contribution in [3.8, 4) is 5.75 Å². The van der Waals surface area contributed by atoms with Crippen LogP contribution in [0.1, 0.15) is 30.7 Å². The molecule has 0 aliphatic heterocycles. The molecule has 0 amide bonds. The van der Waals surface area contributed by atoms with Crippen molar-refractivity contribution in [1.29, 1.82) is 0 Å². The van der Waals surface area contributed by atoms with Crippen molar-refractivity contribution in [1.82, 2.24) is 0 Å². The molecule has 1 fully saturated rings. The Morgan fingerprint density at radius 2 is 2.12 bits per heavy atom. The van der Waals surface area contributed by atoms with Crippen molar-refractivity contribution >= 4 is 5.78 Å². The summed E-state index contributed by atoms with van der Waals surface area (Å²) in [6.07, 6.45) is 2.31. The van der Waals surface area contributed by atoms with Gasteiger partial charge in [-0.15, -0.1) is 0 Å². The average Bonchev–Trinajstić information content (AvgIpc) is 2.77. The Kier molecular flexibility index (Phi) is 4.15. The van der Waals surface area contributed by atoms with Crippen molar-refractivity contribution in [3.63, 3.8) is 0 Å². The number of methoxy groups -OCH3 is 1. The minimum atomic E-state index is 0.334. The second-order valence-corrected chi connectivity index (χ2v) is 4.36. The highest BCUT2D eigenvalue weighted by Crippen LogP contribution is 2.36. The summed E-state index contributed by atoms with van der Waals surface area (Å²) in [7, 11) is 1.66. The number of ketones is 1. The van der Waals surface area contributed by atoms with Gasteiger partial charge < -0.3 is 9.47 Å². The smallest absolute Gasteiger partial charge is 0.133 e. The summed E-state index contributed by atoms with van der Waals surface area (Å²) in [6.45, 7) is 1.13. The van der Waals surface area contributed by atoms with E-state index in [2.05, 4.69) is 6.07 Å². The van der Waals surface area contributed by atoms with Gasteiger partial charge in [-0.25, -0.2) is 0 Å². The summed E-state index contributed by atoms with van der Waals surface area (Å²) in [5, 5.41) is 0. The van der Waals surface area contributed by atoms with Crippen LogP contribution in [0.5, 0.6) is 5.75 Å². The van der Waals surface area contributed by atoms with E-state index in [0.29, 0.717) is 37.8 Å². The molecule has 1 atom stereocenters. The van der Waals surface area contributed by atoms with Crippen molar-refractivity contribution in [2.45, 2.75) is 25.2 Å². The van der Waals surface area contributed by atoms with Crippen LogP contribution in [0.25, 0.3) is 0 Å². The van der Waals surface area contributed by atoms with Gasteiger partial charge in [0, 0.05) is 20.0 Å². The van der Waals surface area contributed by atoms with E-state index in [4.69, 9.17) is 9.47 Å². The van der Waals surface area contributed by atoms with Gasteiger partial charge in [-0.2, -0.15) is 0 Å². The van der Waals surface area contributed by atoms with E-state index in [9.17, 15) is 4.79 Å². The van der Waals surface area contributed by atoms with Crippen LogP contribution in [0.3, 0.4) is 0 Å². The first kappa shape index (κ1) is 12.1. The second kappa shape index (κ2) is 5.82. The Bertz CT molecular complexity index is 387. The van der Waals surface area contributed by atoms with E-state index < -0.39 is 0 Å². The van der Waals surface area contributed by atoms with Crippen molar-refractivity contribution in [3.05, 3.63) is 29.8 Å². The van der Waals surface area contributed by atoms with Crippen molar-refractivity contribution in [2.24, 2.45) is 0 Å². The number of para-hydroxylation sites is 1. The van der Waals surface area contributed by atoms with Gasteiger partial charge >= 0.3 is 0 Å². The molecule has 1 saturated carbocycles. The zero-order valence-electron chi connectivity index (χ0n) is 10.1. The zero-order valence-corrected chi connectivity index (χ0v) is 10.1. The number of benzene rings is 1. The van der Waals surface area contributed by atoms with Crippen LogP contribution in [0, 0.1) is 0 Å². The molecule has 0 spiro atoms. The van der Waals surface area contributed by atoms with Gasteiger partial charge in [0.05, 0.1) is 6.61 Å². The van der Waals surface area contributed by atoms with Crippen LogP contribution in [0.4, 0.5) is 0 Å². The molecule has 0 radical (unpaired) electrons. The lowest BCUT2D eigenvalue weighted by Gasteiger charge is -2.15. The quantitative estimate of drug-likeness (QED) is 0.734. The van der Waals surface area contributed by atoms with E-state index in [0.717, 1.165) is 17.7 Å². The van der Waals surface area contributed by atoms with E-state index in [1.807, 2.05) is 18.2 Å². The molecular weight excluding hydrogens is 216 g/mol. The number of carbonyl (C=O) groups is 1. The highest BCUT2D eigenvalue weighted by Gasteiger charge is 2.25. The van der Waals surface area contributed by atoms with Gasteiger partial charge in [0.2, 0.25) is 0 Å². The molecule has 1 unspecified atom stereocenters. The number of ether oxygens (including phenoxy) is 2. The first-order valence-electron chi connectivity index (χ1n) is 6.03. The topological polar surface area (TPSA) is 35.5 Å².